The molecule has 0 N–H and O–H groups in total. The van der Waals surface area contributed by atoms with E-state index in [-0.39, 0.29) is 0 Å². The van der Waals surface area contributed by atoms with E-state index in [0.717, 1.165) is 0 Å². The molecule has 0 aromatic heterocycles. The quantitative estimate of drug-likeness (QED) is 0.608. The number of carbonyl (C=O) groups is 3. The van der Waals surface area contributed by atoms with Gasteiger partial charge in [-0.1, -0.05) is 0 Å². The van der Waals surface area contributed by atoms with Crippen LogP contribution in [0.4, 0.5) is 26.3 Å². The molecule has 0 atom stereocenters. The van der Waals surface area contributed by atoms with E-state index in [0.29, 0.717) is 0 Å². The average molecular weight is 426 g/mol. The fraction of sp³-hybridized carbons (Fsp3) is 0.286. The molecule has 0 saturated heterocycles. The van der Waals surface area contributed by atoms with E-state index in [1.165, 1.54) is 0 Å². The van der Waals surface area contributed by atoms with Crippen LogP contribution < -0.4 is 0 Å². The van der Waals surface area contributed by atoms with Crippen molar-refractivity contribution >= 4 is 17.3 Å². The van der Waals surface area contributed by atoms with Crippen LogP contribution in [-0.2, 0) is 52.9 Å². The summed E-state index contributed by atoms with van der Waals surface area (Å²) in [5, 5.41) is 0. The molecule has 0 unspecified atom stereocenters. The van der Waals surface area contributed by atoms with E-state index in [2.05, 4.69) is 0 Å². The van der Waals surface area contributed by atoms with Gasteiger partial charge < -0.3 is 0 Å². The Morgan fingerprint density at radius 2 is 0.467 bits per heavy atom. The van der Waals surface area contributed by atoms with Crippen LogP contribution in [0.1, 0.15) is 33.4 Å². The maximum absolute atomic E-state index is 14.8. The fourth-order valence-electron chi connectivity index (χ4n) is 3.97. The van der Waals surface area contributed by atoms with Crippen LogP contribution in [0.15, 0.2) is 0 Å². The molecule has 5 rings (SSSR count). The Morgan fingerprint density at radius 1 is 0.333 bits per heavy atom. The maximum Gasteiger partial charge on any atom is 0.142 e. The Bertz CT molecular complexity index is 898. The predicted molar refractivity (Wildman–Crippen MR) is 89.9 cm³/mol. The third kappa shape index (κ3) is 3.03. The summed E-state index contributed by atoms with van der Waals surface area (Å²) in [6.45, 7) is 0. The number of rotatable bonds is 0. The SMILES string of the molecule is O=C1Cc2c(F)c3c(F)c(c2F)CC(=O)Cc2c(F)c(c(F)c(c2F)CC(=O)C3)C1. The lowest BCUT2D eigenvalue weighted by atomic mass is 9.86. The first-order valence-electron chi connectivity index (χ1n) is 8.99. The number of carbonyl (C=O) groups excluding carboxylic acids is 3. The van der Waals surface area contributed by atoms with E-state index in [1.807, 2.05) is 0 Å². The Hall–Kier alpha value is -2.97. The summed E-state index contributed by atoms with van der Waals surface area (Å²) < 4.78 is 89.0. The minimum absolute atomic E-state index is 0.878. The molecule has 0 radical (unpaired) electrons. The first-order chi connectivity index (χ1) is 14.1. The molecular weight excluding hydrogens is 414 g/mol. The number of ketones is 3. The lowest BCUT2D eigenvalue weighted by Crippen LogP contribution is -2.25. The Morgan fingerprint density at radius 3 is 0.600 bits per heavy atom. The zero-order valence-corrected chi connectivity index (χ0v) is 15.2. The van der Waals surface area contributed by atoms with Gasteiger partial charge in [0, 0.05) is 71.9 Å². The molecule has 0 saturated carbocycles. The van der Waals surface area contributed by atoms with Crippen molar-refractivity contribution in [3.8, 4) is 0 Å². The summed E-state index contributed by atoms with van der Waals surface area (Å²) in [6, 6.07) is 0. The third-order valence-electron chi connectivity index (χ3n) is 5.42. The molecule has 0 spiro atoms. The molecule has 156 valence electrons. The predicted octanol–water partition coefficient (Wildman–Crippen LogP) is 3.21. The molecule has 3 aliphatic rings. The molecule has 2 aromatic rings. The van der Waals surface area contributed by atoms with Gasteiger partial charge in [0.1, 0.15) is 52.3 Å². The Balaban J connectivity index is 2.12. The fourth-order valence-corrected chi connectivity index (χ4v) is 3.97. The molecule has 0 fully saturated rings. The van der Waals surface area contributed by atoms with Gasteiger partial charge in [-0.15, -0.1) is 0 Å². The number of hydrogen-bond acceptors (Lipinski definition) is 3. The number of fused-ring (bicyclic) bond motifs is 6. The van der Waals surface area contributed by atoms with Crippen LogP contribution in [0.2, 0.25) is 0 Å². The first kappa shape index (κ1) is 20.3. The second kappa shape index (κ2) is 7.07. The van der Waals surface area contributed by atoms with Crippen LogP contribution in [0.3, 0.4) is 0 Å². The van der Waals surface area contributed by atoms with Crippen LogP contribution in [0.25, 0.3) is 0 Å². The van der Waals surface area contributed by atoms with E-state index in [9.17, 15) is 40.7 Å². The minimum Gasteiger partial charge on any atom is -0.299 e. The second-order valence-electron chi connectivity index (χ2n) is 7.43. The van der Waals surface area contributed by atoms with Gasteiger partial charge in [0.05, 0.1) is 0 Å². The normalized spacial score (nSPS) is 16.4. The van der Waals surface area contributed by atoms with Crippen LogP contribution in [0, 0.1) is 34.9 Å². The molecule has 3 aliphatic carbocycles. The molecule has 0 amide bonds. The van der Waals surface area contributed by atoms with E-state index in [1.54, 1.807) is 0 Å². The second-order valence-corrected chi connectivity index (χ2v) is 7.43. The van der Waals surface area contributed by atoms with Crippen molar-refractivity contribution in [3.63, 3.8) is 0 Å². The van der Waals surface area contributed by atoms with E-state index in [4.69, 9.17) is 0 Å². The number of benzene rings is 2. The van der Waals surface area contributed by atoms with Crippen molar-refractivity contribution in [2.24, 2.45) is 0 Å². The molecule has 30 heavy (non-hydrogen) atoms. The van der Waals surface area contributed by atoms with Gasteiger partial charge in [0.15, 0.2) is 0 Å². The highest BCUT2D eigenvalue weighted by atomic mass is 19.2. The summed E-state index contributed by atoms with van der Waals surface area (Å²) in [5.74, 6) is -11.9. The van der Waals surface area contributed by atoms with Gasteiger partial charge in [-0.25, -0.2) is 26.3 Å². The molecule has 0 aliphatic heterocycles. The van der Waals surface area contributed by atoms with Gasteiger partial charge in [-0.2, -0.15) is 0 Å². The Kier molecular flexibility index (Phi) is 4.79. The smallest absolute Gasteiger partial charge is 0.142 e. The van der Waals surface area contributed by atoms with Crippen molar-refractivity contribution in [2.75, 3.05) is 0 Å². The van der Waals surface area contributed by atoms with Gasteiger partial charge in [-0.05, 0) is 0 Å². The van der Waals surface area contributed by atoms with Crippen molar-refractivity contribution in [2.45, 2.75) is 38.5 Å². The van der Waals surface area contributed by atoms with Crippen molar-refractivity contribution in [3.05, 3.63) is 68.3 Å². The van der Waals surface area contributed by atoms with Crippen LogP contribution in [0.5, 0.6) is 0 Å². The molecule has 6 bridgehead atoms. The van der Waals surface area contributed by atoms with Crippen LogP contribution >= 0.6 is 0 Å². The first-order valence-corrected chi connectivity index (χ1v) is 8.99. The number of Topliss-reactive ketones (excluding diaryl/α,β-unsaturated/α-hetero) is 3. The van der Waals surface area contributed by atoms with Crippen molar-refractivity contribution in [1.29, 1.82) is 0 Å². The molecule has 2 aromatic carbocycles. The highest BCUT2D eigenvalue weighted by molar-refractivity contribution is 5.88. The summed E-state index contributed by atoms with van der Waals surface area (Å²) >= 11 is 0. The largest absolute Gasteiger partial charge is 0.299 e. The lowest BCUT2D eigenvalue weighted by Gasteiger charge is -2.20. The topological polar surface area (TPSA) is 51.2 Å². The number of hydrogen-bond donors (Lipinski definition) is 0. The Labute approximate surface area is 165 Å². The van der Waals surface area contributed by atoms with Gasteiger partial charge in [0.25, 0.3) is 0 Å². The third-order valence-corrected chi connectivity index (χ3v) is 5.42. The maximum atomic E-state index is 14.8. The monoisotopic (exact) mass is 426 g/mol. The van der Waals surface area contributed by atoms with Crippen molar-refractivity contribution < 1.29 is 40.7 Å². The zero-order valence-electron chi connectivity index (χ0n) is 15.2. The molecule has 3 nitrogen and oxygen atoms in total. The van der Waals surface area contributed by atoms with Gasteiger partial charge in [0.2, 0.25) is 0 Å². The molecular formula is C21H12F6O3. The van der Waals surface area contributed by atoms with E-state index >= 15 is 0 Å². The molecule has 0 heterocycles. The standard InChI is InChI=1S/C21H12F6O3/c22-16-10-1-7(28)2-11-18(24)14-5-8(29)3-12(16)20(26)13(17(10)23)4-9(30)6-15(19(11)25)21(14)27/h1-6H2. The van der Waals surface area contributed by atoms with Crippen molar-refractivity contribution in [1.82, 2.24) is 0 Å². The van der Waals surface area contributed by atoms with Crippen LogP contribution in [-0.4, -0.2) is 17.3 Å². The van der Waals surface area contributed by atoms with Gasteiger partial charge >= 0.3 is 0 Å². The average Bonchev–Trinajstić information content (AvgIpc) is 2.68. The highest BCUT2D eigenvalue weighted by Crippen LogP contribution is 2.33. The summed E-state index contributed by atoms with van der Waals surface area (Å²) in [7, 11) is 0. The molecule has 9 heteroatoms. The highest BCUT2D eigenvalue weighted by Gasteiger charge is 2.34. The van der Waals surface area contributed by atoms with Gasteiger partial charge in [-0.3, -0.25) is 14.4 Å². The lowest BCUT2D eigenvalue weighted by molar-refractivity contribution is -0.118. The summed E-state index contributed by atoms with van der Waals surface area (Å²) in [5.41, 5.74) is -5.27. The zero-order chi connectivity index (χ0) is 21.9. The summed E-state index contributed by atoms with van der Waals surface area (Å²) in [4.78, 5) is 37.1. The van der Waals surface area contributed by atoms with E-state index < -0.39 is 124 Å². The summed E-state index contributed by atoms with van der Waals surface area (Å²) in [6.07, 6.45) is -5.91. The number of halogens is 6. The minimum atomic E-state index is -1.48.